The first-order valence-electron chi connectivity index (χ1n) is 7.44. The van der Waals surface area contributed by atoms with E-state index in [0.29, 0.717) is 16.6 Å². The number of hydrogen-bond acceptors (Lipinski definition) is 1. The Morgan fingerprint density at radius 1 is 1.17 bits per heavy atom. The number of carbonyl (C=O) groups is 1. The molecule has 4 rings (SSSR count). The molecule has 1 aliphatic rings. The maximum absolute atomic E-state index is 14.0. The largest absolute Gasteiger partial charge is 0.350 e. The number of H-pyrrole nitrogens is 1. The lowest BCUT2D eigenvalue weighted by Crippen LogP contribution is -2.35. The second-order valence-corrected chi connectivity index (χ2v) is 6.32. The Hall–Kier alpha value is -2.33. The first-order valence-corrected chi connectivity index (χ1v) is 7.82. The molecule has 0 saturated heterocycles. The highest BCUT2D eigenvalue weighted by Crippen LogP contribution is 2.45. The summed E-state index contributed by atoms with van der Waals surface area (Å²) in [5.74, 6) is -0.748. The molecule has 0 aliphatic heterocycles. The van der Waals surface area contributed by atoms with Gasteiger partial charge in [0.05, 0.1) is 10.6 Å². The lowest BCUT2D eigenvalue weighted by molar-refractivity contribution is 0.0926. The van der Waals surface area contributed by atoms with Crippen molar-refractivity contribution >= 4 is 28.4 Å². The van der Waals surface area contributed by atoms with Crippen LogP contribution in [0.2, 0.25) is 5.02 Å². The Morgan fingerprint density at radius 3 is 2.61 bits per heavy atom. The molecule has 1 aliphatic carbocycles. The van der Waals surface area contributed by atoms with Gasteiger partial charge in [0.1, 0.15) is 5.69 Å². The van der Waals surface area contributed by atoms with Crippen molar-refractivity contribution in [1.82, 2.24) is 10.3 Å². The molecule has 2 N–H and O–H groups in total. The Balaban J connectivity index is 1.64. The number of halogens is 2. The minimum absolute atomic E-state index is 0.0476. The Morgan fingerprint density at radius 2 is 1.91 bits per heavy atom. The van der Waals surface area contributed by atoms with Crippen molar-refractivity contribution < 1.29 is 9.18 Å². The molecule has 0 bridgehead atoms. The molecule has 0 spiro atoms. The van der Waals surface area contributed by atoms with Crippen molar-refractivity contribution in [3.05, 3.63) is 70.6 Å². The van der Waals surface area contributed by atoms with Gasteiger partial charge in [-0.3, -0.25) is 4.79 Å². The van der Waals surface area contributed by atoms with E-state index in [-0.39, 0.29) is 16.5 Å². The molecule has 116 valence electrons. The van der Waals surface area contributed by atoms with E-state index in [1.807, 2.05) is 30.3 Å². The first kappa shape index (κ1) is 14.3. The summed E-state index contributed by atoms with van der Waals surface area (Å²) in [6, 6.07) is 14.5. The van der Waals surface area contributed by atoms with Gasteiger partial charge in [-0.25, -0.2) is 4.39 Å². The molecule has 0 atom stereocenters. The summed E-state index contributed by atoms with van der Waals surface area (Å²) in [6.45, 7) is 0. The summed E-state index contributed by atoms with van der Waals surface area (Å²) in [4.78, 5) is 15.5. The molecule has 5 heteroatoms. The number of carbonyl (C=O) groups excluding carboxylic acids is 1. The van der Waals surface area contributed by atoms with Crippen LogP contribution in [0.4, 0.5) is 4.39 Å². The van der Waals surface area contributed by atoms with Gasteiger partial charge in [-0.15, -0.1) is 0 Å². The van der Waals surface area contributed by atoms with Crippen molar-refractivity contribution in [1.29, 1.82) is 0 Å². The van der Waals surface area contributed by atoms with Crippen LogP contribution < -0.4 is 5.32 Å². The van der Waals surface area contributed by atoms with Crippen LogP contribution >= 0.6 is 11.6 Å². The third-order valence-corrected chi connectivity index (χ3v) is 4.66. The molecule has 0 unspecified atom stereocenters. The summed E-state index contributed by atoms with van der Waals surface area (Å²) in [5, 5.41) is 3.44. The number of nitrogens with one attached hydrogen (secondary N) is 2. The van der Waals surface area contributed by atoms with Crippen LogP contribution in [0, 0.1) is 5.82 Å². The van der Waals surface area contributed by atoms with Crippen molar-refractivity contribution in [2.75, 3.05) is 0 Å². The minimum Gasteiger partial charge on any atom is -0.350 e. The molecular formula is C18H14ClFN2O. The van der Waals surface area contributed by atoms with Crippen LogP contribution in [-0.4, -0.2) is 10.9 Å². The van der Waals surface area contributed by atoms with E-state index < -0.39 is 5.82 Å². The highest BCUT2D eigenvalue weighted by molar-refractivity contribution is 6.31. The second kappa shape index (κ2) is 5.10. The third-order valence-electron chi connectivity index (χ3n) is 4.36. The second-order valence-electron chi connectivity index (χ2n) is 5.91. The lowest BCUT2D eigenvalue weighted by Gasteiger charge is -2.17. The van der Waals surface area contributed by atoms with Crippen LogP contribution in [0.15, 0.2) is 48.5 Å². The van der Waals surface area contributed by atoms with Gasteiger partial charge >= 0.3 is 0 Å². The maximum Gasteiger partial charge on any atom is 0.268 e. The van der Waals surface area contributed by atoms with Crippen LogP contribution in [0.1, 0.15) is 28.9 Å². The molecule has 1 amide bonds. The molecule has 1 saturated carbocycles. The topological polar surface area (TPSA) is 44.9 Å². The predicted octanol–water partition coefficient (Wildman–Crippen LogP) is 4.38. The fourth-order valence-corrected chi connectivity index (χ4v) is 3.08. The summed E-state index contributed by atoms with van der Waals surface area (Å²) in [7, 11) is 0. The number of rotatable bonds is 3. The fourth-order valence-electron chi connectivity index (χ4n) is 2.92. The van der Waals surface area contributed by atoms with E-state index in [1.165, 1.54) is 12.1 Å². The van der Waals surface area contributed by atoms with Gasteiger partial charge in [-0.1, -0.05) is 41.9 Å². The zero-order valence-electron chi connectivity index (χ0n) is 12.2. The van der Waals surface area contributed by atoms with Crippen LogP contribution in [0.25, 0.3) is 10.9 Å². The van der Waals surface area contributed by atoms with Gasteiger partial charge in [0, 0.05) is 10.9 Å². The highest BCUT2D eigenvalue weighted by atomic mass is 35.5. The van der Waals surface area contributed by atoms with Crippen molar-refractivity contribution in [2.45, 2.75) is 18.4 Å². The molecule has 3 aromatic rings. The normalized spacial score (nSPS) is 15.6. The average Bonchev–Trinajstić information content (AvgIpc) is 3.21. The SMILES string of the molecule is O=C(NC1(c2ccccc2)CC1)c1cc2c(F)c(Cl)ccc2[nH]1. The first-order chi connectivity index (χ1) is 11.1. The summed E-state index contributed by atoms with van der Waals surface area (Å²) >= 11 is 5.78. The van der Waals surface area contributed by atoms with E-state index in [4.69, 9.17) is 11.6 Å². The molecule has 2 aromatic carbocycles. The van der Waals surface area contributed by atoms with Gasteiger partial charge in [0.15, 0.2) is 5.82 Å². The summed E-state index contributed by atoms with van der Waals surface area (Å²) in [5.41, 5.74) is 1.69. The van der Waals surface area contributed by atoms with Crippen LogP contribution in [0.5, 0.6) is 0 Å². The molecule has 1 heterocycles. The quantitative estimate of drug-likeness (QED) is 0.736. The predicted molar refractivity (Wildman–Crippen MR) is 88.1 cm³/mol. The monoisotopic (exact) mass is 328 g/mol. The molecule has 1 aromatic heterocycles. The molecule has 3 nitrogen and oxygen atoms in total. The van der Waals surface area contributed by atoms with Crippen LogP contribution in [-0.2, 0) is 5.54 Å². The van der Waals surface area contributed by atoms with E-state index >= 15 is 0 Å². The van der Waals surface area contributed by atoms with Crippen LogP contribution in [0.3, 0.4) is 0 Å². The van der Waals surface area contributed by atoms with Crippen molar-refractivity contribution in [3.8, 4) is 0 Å². The van der Waals surface area contributed by atoms with Gasteiger partial charge in [-0.05, 0) is 36.6 Å². The number of aromatic nitrogens is 1. The van der Waals surface area contributed by atoms with Crippen molar-refractivity contribution in [2.24, 2.45) is 0 Å². The highest BCUT2D eigenvalue weighted by Gasteiger charge is 2.45. The lowest BCUT2D eigenvalue weighted by atomic mass is 10.0. The number of hydrogen-bond donors (Lipinski definition) is 2. The summed E-state index contributed by atoms with van der Waals surface area (Å²) in [6.07, 6.45) is 1.81. The van der Waals surface area contributed by atoms with Gasteiger partial charge in [0.2, 0.25) is 0 Å². The van der Waals surface area contributed by atoms with Gasteiger partial charge in [-0.2, -0.15) is 0 Å². The molecule has 1 fully saturated rings. The number of fused-ring (bicyclic) bond motifs is 1. The minimum atomic E-state index is -0.510. The Labute approximate surface area is 137 Å². The number of amides is 1. The van der Waals surface area contributed by atoms with Crippen molar-refractivity contribution in [3.63, 3.8) is 0 Å². The fraction of sp³-hybridized carbons (Fsp3) is 0.167. The Kier molecular flexibility index (Phi) is 3.16. The van der Waals surface area contributed by atoms with Gasteiger partial charge < -0.3 is 10.3 Å². The number of benzene rings is 2. The molecule has 0 radical (unpaired) electrons. The third kappa shape index (κ3) is 2.39. The molecule has 23 heavy (non-hydrogen) atoms. The smallest absolute Gasteiger partial charge is 0.268 e. The van der Waals surface area contributed by atoms with E-state index in [2.05, 4.69) is 10.3 Å². The number of aromatic amines is 1. The zero-order chi connectivity index (χ0) is 16.0. The average molecular weight is 329 g/mol. The van der Waals surface area contributed by atoms with E-state index in [0.717, 1.165) is 18.4 Å². The zero-order valence-corrected chi connectivity index (χ0v) is 13.0. The molecular weight excluding hydrogens is 315 g/mol. The maximum atomic E-state index is 14.0. The Bertz CT molecular complexity index is 900. The standard InChI is InChI=1S/C18H14ClFN2O/c19-13-6-7-14-12(16(13)20)10-15(21-14)17(23)22-18(8-9-18)11-4-2-1-3-5-11/h1-7,10,21H,8-9H2,(H,22,23). The van der Waals surface area contributed by atoms with E-state index in [9.17, 15) is 9.18 Å². The van der Waals surface area contributed by atoms with E-state index in [1.54, 1.807) is 6.07 Å². The van der Waals surface area contributed by atoms with Gasteiger partial charge in [0.25, 0.3) is 5.91 Å². The summed E-state index contributed by atoms with van der Waals surface area (Å²) < 4.78 is 14.0.